The van der Waals surface area contributed by atoms with Crippen LogP contribution in [0.25, 0.3) is 0 Å². The number of nitrogens with one attached hydrogen (secondary N) is 2. The molecule has 0 fully saturated rings. The van der Waals surface area contributed by atoms with E-state index in [4.69, 9.17) is 0 Å². The van der Waals surface area contributed by atoms with E-state index in [1.54, 1.807) is 57.3 Å². The summed E-state index contributed by atoms with van der Waals surface area (Å²) in [5, 5.41) is 5.65. The number of nitrogens with zero attached hydrogens (tertiary/aromatic N) is 2. The average molecular weight is 457 g/mol. The summed E-state index contributed by atoms with van der Waals surface area (Å²) in [5.74, 6) is -1.49. The van der Waals surface area contributed by atoms with Crippen molar-refractivity contribution in [3.8, 4) is 0 Å². The van der Waals surface area contributed by atoms with Crippen molar-refractivity contribution in [1.29, 1.82) is 0 Å². The van der Waals surface area contributed by atoms with E-state index in [9.17, 15) is 19.2 Å². The molecule has 8 nitrogen and oxygen atoms in total. The zero-order valence-electron chi connectivity index (χ0n) is 19.1. The minimum atomic E-state index is -0.672. The normalized spacial score (nSPS) is 13.0. The lowest BCUT2D eigenvalue weighted by Crippen LogP contribution is -2.45. The highest BCUT2D eigenvalue weighted by atomic mass is 16.2. The quantitative estimate of drug-likeness (QED) is 0.570. The molecule has 172 valence electrons. The van der Waals surface area contributed by atoms with E-state index in [1.165, 1.54) is 29.3 Å². The monoisotopic (exact) mass is 456 g/mol. The van der Waals surface area contributed by atoms with E-state index in [-0.39, 0.29) is 35.0 Å². The molecule has 2 aromatic carbocycles. The topological polar surface area (TPSA) is 108 Å². The van der Waals surface area contributed by atoms with Gasteiger partial charge in [0.15, 0.2) is 0 Å². The Morgan fingerprint density at radius 2 is 1.62 bits per heavy atom. The summed E-state index contributed by atoms with van der Waals surface area (Å²) >= 11 is 0. The standard InChI is InChI=1S/C26H24N4O4/c1-26(2,3)30-24(33)19-11-10-16(13-20(19)25(30)34)23(32)29-21-9-5-4-7-17(21)15-28-22(31)18-8-6-12-27-14-18/h4-14H,15H2,1-3H3,(H,28,31)(H,29,32). The summed E-state index contributed by atoms with van der Waals surface area (Å²) in [4.78, 5) is 56.0. The number of anilines is 1. The number of benzene rings is 2. The Morgan fingerprint density at radius 3 is 2.32 bits per heavy atom. The predicted molar refractivity (Wildman–Crippen MR) is 126 cm³/mol. The summed E-state index contributed by atoms with van der Waals surface area (Å²) < 4.78 is 0. The first kappa shape index (κ1) is 22.8. The van der Waals surface area contributed by atoms with Gasteiger partial charge in [0.2, 0.25) is 0 Å². The predicted octanol–water partition coefficient (Wildman–Crippen LogP) is 3.66. The van der Waals surface area contributed by atoms with Gasteiger partial charge in [-0.1, -0.05) is 18.2 Å². The molecule has 0 atom stereocenters. The molecule has 4 amide bonds. The maximum atomic E-state index is 13.0. The largest absolute Gasteiger partial charge is 0.348 e. The Balaban J connectivity index is 1.51. The number of pyridine rings is 1. The maximum absolute atomic E-state index is 13.0. The first-order valence-electron chi connectivity index (χ1n) is 10.8. The lowest BCUT2D eigenvalue weighted by Gasteiger charge is -2.29. The van der Waals surface area contributed by atoms with Crippen LogP contribution in [0.1, 0.15) is 67.8 Å². The Morgan fingerprint density at radius 1 is 0.882 bits per heavy atom. The summed E-state index contributed by atoms with van der Waals surface area (Å²) in [6, 6.07) is 14.9. The van der Waals surface area contributed by atoms with Crippen LogP contribution in [0.4, 0.5) is 5.69 Å². The second kappa shape index (κ2) is 8.90. The molecule has 4 rings (SSSR count). The van der Waals surface area contributed by atoms with Gasteiger partial charge >= 0.3 is 0 Å². The van der Waals surface area contributed by atoms with Gasteiger partial charge in [0.1, 0.15) is 0 Å². The van der Waals surface area contributed by atoms with Gasteiger partial charge in [0, 0.05) is 35.7 Å². The van der Waals surface area contributed by atoms with Crippen molar-refractivity contribution < 1.29 is 19.2 Å². The number of carbonyl (C=O) groups is 4. The fourth-order valence-corrected chi connectivity index (χ4v) is 3.76. The van der Waals surface area contributed by atoms with Gasteiger partial charge in [-0.2, -0.15) is 0 Å². The number of hydrogen-bond acceptors (Lipinski definition) is 5. The molecule has 1 aromatic heterocycles. The maximum Gasteiger partial charge on any atom is 0.262 e. The average Bonchev–Trinajstić information content (AvgIpc) is 3.08. The van der Waals surface area contributed by atoms with Crippen LogP contribution in [0, 0.1) is 0 Å². The van der Waals surface area contributed by atoms with E-state index in [0.717, 1.165) is 0 Å². The molecular weight excluding hydrogens is 432 g/mol. The van der Waals surface area contributed by atoms with Crippen molar-refractivity contribution in [2.75, 3.05) is 5.32 Å². The first-order chi connectivity index (χ1) is 16.2. The van der Waals surface area contributed by atoms with Crippen LogP contribution in [0.2, 0.25) is 0 Å². The number of rotatable bonds is 5. The summed E-state index contributed by atoms with van der Waals surface area (Å²) in [6.07, 6.45) is 3.06. The fraction of sp³-hybridized carbons (Fsp3) is 0.192. The third-order valence-corrected chi connectivity index (χ3v) is 5.45. The molecule has 2 N–H and O–H groups in total. The smallest absolute Gasteiger partial charge is 0.262 e. The van der Waals surface area contributed by atoms with E-state index in [0.29, 0.717) is 16.8 Å². The van der Waals surface area contributed by atoms with Crippen LogP contribution in [-0.4, -0.2) is 39.1 Å². The molecule has 0 saturated heterocycles. The molecule has 0 saturated carbocycles. The van der Waals surface area contributed by atoms with Crippen molar-refractivity contribution in [3.63, 3.8) is 0 Å². The van der Waals surface area contributed by atoms with Crippen LogP contribution >= 0.6 is 0 Å². The van der Waals surface area contributed by atoms with Gasteiger partial charge in [-0.15, -0.1) is 0 Å². The molecule has 0 radical (unpaired) electrons. The second-order valence-corrected chi connectivity index (χ2v) is 8.91. The molecule has 3 aromatic rings. The number of fused-ring (bicyclic) bond motifs is 1. The molecule has 34 heavy (non-hydrogen) atoms. The highest BCUT2D eigenvalue weighted by molar-refractivity contribution is 6.22. The van der Waals surface area contributed by atoms with Gasteiger partial charge in [0.25, 0.3) is 23.6 Å². The number of hydrogen-bond donors (Lipinski definition) is 2. The fourth-order valence-electron chi connectivity index (χ4n) is 3.76. The molecule has 1 aliphatic heterocycles. The second-order valence-electron chi connectivity index (χ2n) is 8.91. The van der Waals surface area contributed by atoms with Crippen LogP contribution in [-0.2, 0) is 6.54 Å². The Hall–Kier alpha value is -4.33. The summed E-state index contributed by atoms with van der Waals surface area (Å²) in [7, 11) is 0. The van der Waals surface area contributed by atoms with Gasteiger partial charge < -0.3 is 10.6 Å². The molecule has 0 bridgehead atoms. The highest BCUT2D eigenvalue weighted by Crippen LogP contribution is 2.30. The Labute approximate surface area is 197 Å². The highest BCUT2D eigenvalue weighted by Gasteiger charge is 2.42. The van der Waals surface area contributed by atoms with Gasteiger partial charge in [-0.05, 0) is 62.7 Å². The number of aromatic nitrogens is 1. The number of para-hydroxylation sites is 1. The van der Waals surface area contributed by atoms with Gasteiger partial charge in [-0.25, -0.2) is 0 Å². The molecule has 0 spiro atoms. The van der Waals surface area contributed by atoms with Crippen molar-refractivity contribution in [3.05, 3.63) is 94.8 Å². The van der Waals surface area contributed by atoms with Crippen molar-refractivity contribution >= 4 is 29.3 Å². The lowest BCUT2D eigenvalue weighted by molar-refractivity contribution is 0.0507. The Bertz CT molecular complexity index is 1300. The number of imide groups is 1. The minimum absolute atomic E-state index is 0.196. The van der Waals surface area contributed by atoms with E-state index in [1.807, 2.05) is 6.07 Å². The molecular formula is C26H24N4O4. The summed E-state index contributed by atoms with van der Waals surface area (Å²) in [5.41, 5.74) is 1.75. The van der Waals surface area contributed by atoms with Gasteiger partial charge in [0.05, 0.1) is 16.7 Å². The molecule has 8 heteroatoms. The summed E-state index contributed by atoms with van der Waals surface area (Å²) in [6.45, 7) is 5.55. The van der Waals surface area contributed by atoms with Crippen molar-refractivity contribution in [2.45, 2.75) is 32.9 Å². The first-order valence-corrected chi connectivity index (χ1v) is 10.8. The van der Waals surface area contributed by atoms with E-state index >= 15 is 0 Å². The SMILES string of the molecule is CC(C)(C)N1C(=O)c2ccc(C(=O)Nc3ccccc3CNC(=O)c3cccnc3)cc2C1=O. The van der Waals surface area contributed by atoms with Crippen LogP contribution < -0.4 is 10.6 Å². The third-order valence-electron chi connectivity index (χ3n) is 5.45. The molecule has 0 aliphatic carbocycles. The molecule has 1 aliphatic rings. The zero-order valence-corrected chi connectivity index (χ0v) is 19.1. The van der Waals surface area contributed by atoms with Crippen molar-refractivity contribution in [2.24, 2.45) is 0 Å². The number of amides is 4. The van der Waals surface area contributed by atoms with E-state index < -0.39 is 17.4 Å². The van der Waals surface area contributed by atoms with Crippen LogP contribution in [0.3, 0.4) is 0 Å². The zero-order chi connectivity index (χ0) is 24.5. The Kier molecular flexibility index (Phi) is 5.98. The third kappa shape index (κ3) is 4.43. The molecule has 0 unspecified atom stereocenters. The number of carbonyl (C=O) groups excluding carboxylic acids is 4. The van der Waals surface area contributed by atoms with Gasteiger partial charge in [-0.3, -0.25) is 29.1 Å². The van der Waals surface area contributed by atoms with Crippen LogP contribution in [0.5, 0.6) is 0 Å². The minimum Gasteiger partial charge on any atom is -0.348 e. The van der Waals surface area contributed by atoms with E-state index in [2.05, 4.69) is 15.6 Å². The molecule has 2 heterocycles. The van der Waals surface area contributed by atoms with Crippen LogP contribution in [0.15, 0.2) is 67.0 Å². The van der Waals surface area contributed by atoms with Crippen molar-refractivity contribution in [1.82, 2.24) is 15.2 Å². The lowest BCUT2D eigenvalue weighted by atomic mass is 10.0.